The van der Waals surface area contributed by atoms with Crippen molar-refractivity contribution in [1.82, 2.24) is 5.32 Å². The van der Waals surface area contributed by atoms with Crippen molar-refractivity contribution in [3.8, 4) is 5.75 Å². The predicted molar refractivity (Wildman–Crippen MR) is 92.5 cm³/mol. The van der Waals surface area contributed by atoms with E-state index in [2.05, 4.69) is 10.6 Å². The van der Waals surface area contributed by atoms with Gasteiger partial charge in [0.2, 0.25) is 0 Å². The molecule has 5 heteroatoms. The minimum Gasteiger partial charge on any atom is -0.496 e. The lowest BCUT2D eigenvalue weighted by Crippen LogP contribution is -2.28. The Morgan fingerprint density at radius 3 is 2.68 bits per heavy atom. The fourth-order valence-corrected chi connectivity index (χ4v) is 2.21. The first-order chi connectivity index (χ1) is 10.6. The fraction of sp³-hybridized carbons (Fsp3) is 0.176. The highest BCUT2D eigenvalue weighted by Gasteiger charge is 2.04. The zero-order valence-electron chi connectivity index (χ0n) is 12.6. The number of ketones is 1. The van der Waals surface area contributed by atoms with Gasteiger partial charge in [0, 0.05) is 23.4 Å². The van der Waals surface area contributed by atoms with Gasteiger partial charge in [-0.15, -0.1) is 0 Å². The number of benzene rings is 2. The summed E-state index contributed by atoms with van der Waals surface area (Å²) in [6, 6.07) is 15.0. The van der Waals surface area contributed by atoms with Crippen LogP contribution in [0.25, 0.3) is 0 Å². The van der Waals surface area contributed by atoms with E-state index in [4.69, 9.17) is 17.0 Å². The first-order valence-electron chi connectivity index (χ1n) is 6.88. The van der Waals surface area contributed by atoms with Crippen molar-refractivity contribution in [2.45, 2.75) is 13.5 Å². The summed E-state index contributed by atoms with van der Waals surface area (Å²) in [5, 5.41) is 6.69. The lowest BCUT2D eigenvalue weighted by Gasteiger charge is -2.13. The molecule has 2 aromatic rings. The molecule has 0 heterocycles. The van der Waals surface area contributed by atoms with Crippen molar-refractivity contribution in [2.75, 3.05) is 12.4 Å². The topological polar surface area (TPSA) is 50.4 Å². The van der Waals surface area contributed by atoms with E-state index in [1.165, 1.54) is 6.92 Å². The van der Waals surface area contributed by atoms with Crippen molar-refractivity contribution < 1.29 is 9.53 Å². The molecule has 0 aliphatic carbocycles. The Morgan fingerprint density at radius 1 is 1.18 bits per heavy atom. The summed E-state index contributed by atoms with van der Waals surface area (Å²) in [6.07, 6.45) is 0. The third-order valence-electron chi connectivity index (χ3n) is 3.16. The maximum atomic E-state index is 11.4. The lowest BCUT2D eigenvalue weighted by molar-refractivity contribution is 0.101. The van der Waals surface area contributed by atoms with Crippen molar-refractivity contribution in [3.63, 3.8) is 0 Å². The molecule has 114 valence electrons. The quantitative estimate of drug-likeness (QED) is 0.654. The van der Waals surface area contributed by atoms with Gasteiger partial charge in [-0.05, 0) is 37.3 Å². The number of anilines is 1. The molecular weight excluding hydrogens is 296 g/mol. The van der Waals surface area contributed by atoms with Crippen LogP contribution in [-0.4, -0.2) is 18.0 Å². The number of Topliss-reactive ketones (excluding diaryl/α,β-unsaturated/α-hetero) is 1. The van der Waals surface area contributed by atoms with Crippen molar-refractivity contribution in [2.24, 2.45) is 0 Å². The van der Waals surface area contributed by atoms with Gasteiger partial charge in [0.15, 0.2) is 10.9 Å². The Labute approximate surface area is 135 Å². The van der Waals surface area contributed by atoms with Gasteiger partial charge in [-0.3, -0.25) is 4.79 Å². The molecule has 2 N–H and O–H groups in total. The molecule has 0 amide bonds. The van der Waals surface area contributed by atoms with E-state index in [0.29, 0.717) is 17.2 Å². The Morgan fingerprint density at radius 2 is 1.95 bits per heavy atom. The molecular formula is C17H18N2O2S. The number of hydrogen-bond acceptors (Lipinski definition) is 3. The Balaban J connectivity index is 1.96. The smallest absolute Gasteiger partial charge is 0.171 e. The number of carbonyl (C=O) groups excluding carboxylic acids is 1. The van der Waals surface area contributed by atoms with Gasteiger partial charge in [0.05, 0.1) is 7.11 Å². The molecule has 0 atom stereocenters. The highest BCUT2D eigenvalue weighted by molar-refractivity contribution is 7.80. The van der Waals surface area contributed by atoms with Crippen LogP contribution in [0, 0.1) is 0 Å². The van der Waals surface area contributed by atoms with Gasteiger partial charge >= 0.3 is 0 Å². The molecule has 0 unspecified atom stereocenters. The number of carbonyl (C=O) groups is 1. The van der Waals surface area contributed by atoms with Crippen molar-refractivity contribution in [1.29, 1.82) is 0 Å². The molecule has 0 radical (unpaired) electrons. The highest BCUT2D eigenvalue weighted by Crippen LogP contribution is 2.17. The Bertz CT molecular complexity index is 686. The maximum absolute atomic E-state index is 11.4. The standard InChI is InChI=1S/C17H18N2O2S/c1-12(20)13-7-5-8-15(10-13)19-17(22)18-11-14-6-3-4-9-16(14)21-2/h3-10H,11H2,1-2H3,(H2,18,19,22). The third-order valence-corrected chi connectivity index (χ3v) is 3.41. The Kier molecular flexibility index (Phi) is 5.49. The molecule has 4 nitrogen and oxygen atoms in total. The van der Waals surface area contributed by atoms with Crippen LogP contribution in [0.2, 0.25) is 0 Å². The van der Waals surface area contributed by atoms with Crippen LogP contribution >= 0.6 is 12.2 Å². The second-order valence-corrected chi connectivity index (χ2v) is 5.16. The van der Waals surface area contributed by atoms with E-state index in [1.807, 2.05) is 36.4 Å². The molecule has 2 aromatic carbocycles. The number of thiocarbonyl (C=S) groups is 1. The molecule has 22 heavy (non-hydrogen) atoms. The number of hydrogen-bond donors (Lipinski definition) is 2. The molecule has 0 saturated heterocycles. The number of nitrogens with one attached hydrogen (secondary N) is 2. The minimum atomic E-state index is 0.0246. The molecule has 0 aliphatic heterocycles. The van der Waals surface area contributed by atoms with Crippen LogP contribution in [-0.2, 0) is 6.54 Å². The summed E-state index contributed by atoms with van der Waals surface area (Å²) in [6.45, 7) is 2.10. The lowest BCUT2D eigenvalue weighted by atomic mass is 10.1. The summed E-state index contributed by atoms with van der Waals surface area (Å²) in [5.41, 5.74) is 2.45. The fourth-order valence-electron chi connectivity index (χ4n) is 2.02. The summed E-state index contributed by atoms with van der Waals surface area (Å²) < 4.78 is 5.30. The number of ether oxygens (including phenoxy) is 1. The third kappa shape index (κ3) is 4.30. The largest absolute Gasteiger partial charge is 0.496 e. The first kappa shape index (κ1) is 16.0. The summed E-state index contributed by atoms with van der Waals surface area (Å²) in [5.74, 6) is 0.841. The van der Waals surface area contributed by atoms with Crippen LogP contribution in [0.4, 0.5) is 5.69 Å². The number of para-hydroxylation sites is 1. The van der Waals surface area contributed by atoms with E-state index in [1.54, 1.807) is 19.2 Å². The van der Waals surface area contributed by atoms with Crippen LogP contribution in [0.1, 0.15) is 22.8 Å². The Hall–Kier alpha value is -2.40. The maximum Gasteiger partial charge on any atom is 0.171 e. The average molecular weight is 314 g/mol. The second-order valence-electron chi connectivity index (χ2n) is 4.76. The second kappa shape index (κ2) is 7.56. The van der Waals surface area contributed by atoms with Crippen LogP contribution in [0.15, 0.2) is 48.5 Å². The van der Waals surface area contributed by atoms with Gasteiger partial charge in [-0.2, -0.15) is 0 Å². The zero-order chi connectivity index (χ0) is 15.9. The molecule has 0 fully saturated rings. The molecule has 0 saturated carbocycles. The van der Waals surface area contributed by atoms with E-state index in [0.717, 1.165) is 17.0 Å². The summed E-state index contributed by atoms with van der Waals surface area (Å²) in [4.78, 5) is 11.4. The van der Waals surface area contributed by atoms with E-state index >= 15 is 0 Å². The average Bonchev–Trinajstić information content (AvgIpc) is 2.53. The van der Waals surface area contributed by atoms with Gasteiger partial charge in [0.1, 0.15) is 5.75 Å². The first-order valence-corrected chi connectivity index (χ1v) is 7.28. The molecule has 0 bridgehead atoms. The van der Waals surface area contributed by atoms with Crippen molar-refractivity contribution in [3.05, 3.63) is 59.7 Å². The monoisotopic (exact) mass is 314 g/mol. The number of rotatable bonds is 5. The molecule has 0 aliphatic rings. The van der Waals surface area contributed by atoms with Gasteiger partial charge in [-0.1, -0.05) is 30.3 Å². The molecule has 0 spiro atoms. The van der Waals surface area contributed by atoms with Crippen molar-refractivity contribution >= 4 is 28.8 Å². The highest BCUT2D eigenvalue weighted by atomic mass is 32.1. The van der Waals surface area contributed by atoms with E-state index in [-0.39, 0.29) is 5.78 Å². The van der Waals surface area contributed by atoms with Crippen LogP contribution in [0.3, 0.4) is 0 Å². The van der Waals surface area contributed by atoms with E-state index in [9.17, 15) is 4.79 Å². The summed E-state index contributed by atoms with van der Waals surface area (Å²) >= 11 is 5.28. The minimum absolute atomic E-state index is 0.0246. The summed E-state index contributed by atoms with van der Waals surface area (Å²) in [7, 11) is 1.64. The van der Waals surface area contributed by atoms with Gasteiger partial charge in [-0.25, -0.2) is 0 Å². The zero-order valence-corrected chi connectivity index (χ0v) is 13.4. The van der Waals surface area contributed by atoms with Gasteiger partial charge in [0.25, 0.3) is 0 Å². The van der Waals surface area contributed by atoms with Crippen LogP contribution in [0.5, 0.6) is 5.75 Å². The number of methoxy groups -OCH3 is 1. The predicted octanol–water partition coefficient (Wildman–Crippen LogP) is 3.38. The van der Waals surface area contributed by atoms with Gasteiger partial charge < -0.3 is 15.4 Å². The van der Waals surface area contributed by atoms with Crippen LogP contribution < -0.4 is 15.4 Å². The van der Waals surface area contributed by atoms with E-state index < -0.39 is 0 Å². The molecule has 2 rings (SSSR count). The SMILES string of the molecule is COc1ccccc1CNC(=S)Nc1cccc(C(C)=O)c1. The molecule has 0 aromatic heterocycles. The normalized spacial score (nSPS) is 9.91.